The standard InChI is InChI=1S/C11H9IN.ClH/c12-10-4-6-11(7-5-10)13-8-2-1-3-9-13;/h1-9H;1H/q+1;/p-1. The number of hydrogen-bond donors (Lipinski definition) is 0. The van der Waals surface area contributed by atoms with Crippen molar-refractivity contribution in [2.75, 3.05) is 0 Å². The smallest absolute Gasteiger partial charge is 0.210 e. The zero-order valence-electron chi connectivity index (χ0n) is 7.40. The lowest BCUT2D eigenvalue weighted by Gasteiger charge is -1.94. The van der Waals surface area contributed by atoms with Crippen LogP contribution in [0.25, 0.3) is 5.69 Å². The Bertz CT molecular complexity index is 386. The molecule has 2 rings (SSSR count). The van der Waals surface area contributed by atoms with E-state index >= 15 is 0 Å². The molecule has 0 spiro atoms. The third kappa shape index (κ3) is 2.69. The Labute approximate surface area is 103 Å². The van der Waals surface area contributed by atoms with Gasteiger partial charge in [-0.15, -0.1) is 0 Å². The van der Waals surface area contributed by atoms with Crippen molar-refractivity contribution < 1.29 is 17.0 Å². The van der Waals surface area contributed by atoms with Gasteiger partial charge in [0.2, 0.25) is 5.69 Å². The quantitative estimate of drug-likeness (QED) is 0.497. The molecular formula is C11H9ClIN. The van der Waals surface area contributed by atoms with E-state index in [1.54, 1.807) is 0 Å². The van der Waals surface area contributed by atoms with E-state index in [9.17, 15) is 0 Å². The van der Waals surface area contributed by atoms with Crippen LogP contribution in [0, 0.1) is 3.57 Å². The van der Waals surface area contributed by atoms with Crippen LogP contribution in [-0.4, -0.2) is 0 Å². The molecule has 0 atom stereocenters. The zero-order chi connectivity index (χ0) is 9.10. The number of aromatic nitrogens is 1. The average molecular weight is 318 g/mol. The second-order valence-corrected chi connectivity index (χ2v) is 4.00. The summed E-state index contributed by atoms with van der Waals surface area (Å²) in [5, 5.41) is 0. The van der Waals surface area contributed by atoms with E-state index in [0.717, 1.165) is 0 Å². The fraction of sp³-hybridized carbons (Fsp3) is 0. The first-order chi connectivity index (χ1) is 6.36. The summed E-state index contributed by atoms with van der Waals surface area (Å²) < 4.78 is 3.36. The van der Waals surface area contributed by atoms with Crippen molar-refractivity contribution in [3.05, 3.63) is 58.4 Å². The summed E-state index contributed by atoms with van der Waals surface area (Å²) in [6.07, 6.45) is 4.09. The molecule has 1 nitrogen and oxygen atoms in total. The Balaban J connectivity index is 0.000000980. The molecule has 0 aliphatic rings. The minimum atomic E-state index is 0. The van der Waals surface area contributed by atoms with E-state index in [4.69, 9.17) is 0 Å². The van der Waals surface area contributed by atoms with Crippen LogP contribution >= 0.6 is 22.6 Å². The van der Waals surface area contributed by atoms with Gasteiger partial charge in [0.05, 0.1) is 0 Å². The fourth-order valence-electron chi connectivity index (χ4n) is 1.18. The molecule has 1 aromatic heterocycles. The summed E-state index contributed by atoms with van der Waals surface area (Å²) in [4.78, 5) is 0. The minimum Gasteiger partial charge on any atom is -1.00 e. The topological polar surface area (TPSA) is 3.88 Å². The monoisotopic (exact) mass is 317 g/mol. The minimum absolute atomic E-state index is 0. The first-order valence-corrected chi connectivity index (χ1v) is 5.16. The lowest BCUT2D eigenvalue weighted by atomic mass is 10.3. The van der Waals surface area contributed by atoms with Gasteiger partial charge in [0.25, 0.3) is 0 Å². The highest BCUT2D eigenvalue weighted by Crippen LogP contribution is 2.05. The molecule has 14 heavy (non-hydrogen) atoms. The van der Waals surface area contributed by atoms with Crippen molar-refractivity contribution in [2.45, 2.75) is 0 Å². The summed E-state index contributed by atoms with van der Waals surface area (Å²) in [5.41, 5.74) is 1.20. The highest BCUT2D eigenvalue weighted by Gasteiger charge is 2.01. The molecule has 0 saturated carbocycles. The molecule has 0 unspecified atom stereocenters. The molecule has 2 aromatic rings. The van der Waals surface area contributed by atoms with Gasteiger partial charge in [0.1, 0.15) is 0 Å². The Morgan fingerprint density at radius 1 is 0.857 bits per heavy atom. The van der Waals surface area contributed by atoms with E-state index in [1.807, 2.05) is 30.6 Å². The van der Waals surface area contributed by atoms with Gasteiger partial charge in [0.15, 0.2) is 12.4 Å². The third-order valence-electron chi connectivity index (χ3n) is 1.84. The number of hydrogen-bond acceptors (Lipinski definition) is 0. The number of rotatable bonds is 1. The molecule has 1 heterocycles. The van der Waals surface area contributed by atoms with Crippen LogP contribution in [0.3, 0.4) is 0 Å². The van der Waals surface area contributed by atoms with E-state index < -0.39 is 0 Å². The second-order valence-electron chi connectivity index (χ2n) is 2.76. The summed E-state index contributed by atoms with van der Waals surface area (Å²) in [5.74, 6) is 0. The van der Waals surface area contributed by atoms with Gasteiger partial charge in [-0.1, -0.05) is 6.07 Å². The van der Waals surface area contributed by atoms with Crippen molar-refractivity contribution in [1.82, 2.24) is 0 Å². The van der Waals surface area contributed by atoms with Gasteiger partial charge < -0.3 is 12.4 Å². The van der Waals surface area contributed by atoms with Gasteiger partial charge in [-0.25, -0.2) is 0 Å². The normalized spacial score (nSPS) is 9.21. The lowest BCUT2D eigenvalue weighted by Crippen LogP contribution is -3.00. The van der Waals surface area contributed by atoms with Crippen LogP contribution in [-0.2, 0) is 0 Å². The molecule has 0 radical (unpaired) electrons. The van der Waals surface area contributed by atoms with Crippen molar-refractivity contribution in [3.8, 4) is 5.69 Å². The molecule has 0 amide bonds. The second kappa shape index (κ2) is 5.32. The Morgan fingerprint density at radius 3 is 2.00 bits per heavy atom. The average Bonchev–Trinajstić information content (AvgIpc) is 2.20. The van der Waals surface area contributed by atoms with E-state index in [-0.39, 0.29) is 12.4 Å². The lowest BCUT2D eigenvalue weighted by molar-refractivity contribution is -0.595. The van der Waals surface area contributed by atoms with Crippen LogP contribution in [0.15, 0.2) is 54.9 Å². The Morgan fingerprint density at radius 2 is 1.43 bits per heavy atom. The summed E-state index contributed by atoms with van der Waals surface area (Å²) in [7, 11) is 0. The fourth-order valence-corrected chi connectivity index (χ4v) is 1.54. The first-order valence-electron chi connectivity index (χ1n) is 4.08. The predicted octanol–water partition coefficient (Wildman–Crippen LogP) is -0.428. The zero-order valence-corrected chi connectivity index (χ0v) is 10.3. The molecule has 3 heteroatoms. The SMILES string of the molecule is Ic1ccc(-[n+]2ccccc2)cc1.[Cl-]. The van der Waals surface area contributed by atoms with Crippen molar-refractivity contribution in [2.24, 2.45) is 0 Å². The Kier molecular flexibility index (Phi) is 4.35. The number of benzene rings is 1. The maximum Gasteiger partial charge on any atom is 0.210 e. The highest BCUT2D eigenvalue weighted by atomic mass is 127. The molecule has 0 aliphatic heterocycles. The largest absolute Gasteiger partial charge is 1.00 e. The van der Waals surface area contributed by atoms with Crippen LogP contribution < -0.4 is 17.0 Å². The maximum atomic E-state index is 2.31. The van der Waals surface area contributed by atoms with Crippen LogP contribution in [0.2, 0.25) is 0 Å². The van der Waals surface area contributed by atoms with Crippen molar-refractivity contribution in [3.63, 3.8) is 0 Å². The number of pyridine rings is 1. The van der Waals surface area contributed by atoms with E-state index in [0.29, 0.717) is 0 Å². The summed E-state index contributed by atoms with van der Waals surface area (Å²) >= 11 is 2.31. The molecule has 72 valence electrons. The van der Waals surface area contributed by atoms with Gasteiger partial charge in [-0.2, -0.15) is 4.57 Å². The van der Waals surface area contributed by atoms with Crippen molar-refractivity contribution >= 4 is 22.6 Å². The van der Waals surface area contributed by atoms with Crippen molar-refractivity contribution in [1.29, 1.82) is 0 Å². The highest BCUT2D eigenvalue weighted by molar-refractivity contribution is 14.1. The van der Waals surface area contributed by atoms with E-state index in [1.165, 1.54) is 9.26 Å². The molecule has 0 aliphatic carbocycles. The van der Waals surface area contributed by atoms with E-state index in [2.05, 4.69) is 51.4 Å². The first kappa shape index (κ1) is 11.5. The molecule has 0 bridgehead atoms. The summed E-state index contributed by atoms with van der Waals surface area (Å²) in [6.45, 7) is 0. The molecular weight excluding hydrogens is 308 g/mol. The van der Waals surface area contributed by atoms with Gasteiger partial charge in [-0.05, 0) is 34.7 Å². The Hall–Kier alpha value is -0.610. The summed E-state index contributed by atoms with van der Waals surface area (Å²) in [6, 6.07) is 14.5. The van der Waals surface area contributed by atoms with Crippen LogP contribution in [0.4, 0.5) is 0 Å². The maximum absolute atomic E-state index is 2.31. The molecule has 0 fully saturated rings. The number of halogens is 2. The predicted molar refractivity (Wildman–Crippen MR) is 60.7 cm³/mol. The van der Waals surface area contributed by atoms with Gasteiger partial charge >= 0.3 is 0 Å². The van der Waals surface area contributed by atoms with Crippen LogP contribution in [0.1, 0.15) is 0 Å². The molecule has 1 aromatic carbocycles. The van der Waals surface area contributed by atoms with Crippen LogP contribution in [0.5, 0.6) is 0 Å². The van der Waals surface area contributed by atoms with Gasteiger partial charge in [0, 0.05) is 27.8 Å². The molecule has 0 saturated heterocycles. The van der Waals surface area contributed by atoms with Gasteiger partial charge in [-0.3, -0.25) is 0 Å². The molecule has 0 N–H and O–H groups in total. The number of nitrogens with zero attached hydrogens (tertiary/aromatic N) is 1. The third-order valence-corrected chi connectivity index (χ3v) is 2.56.